The highest BCUT2D eigenvalue weighted by Gasteiger charge is 2.34. The Morgan fingerprint density at radius 2 is 1.91 bits per heavy atom. The van der Waals surface area contributed by atoms with Crippen molar-refractivity contribution in [1.82, 2.24) is 4.90 Å². The zero-order valence-electron chi connectivity index (χ0n) is 11.6. The number of non-ortho nitro benzene ring substituents is 1. The van der Waals surface area contributed by atoms with Crippen molar-refractivity contribution >= 4 is 28.3 Å². The molecule has 0 saturated carbocycles. The molecule has 0 aliphatic carbocycles. The van der Waals surface area contributed by atoms with Gasteiger partial charge >= 0.3 is 0 Å². The van der Waals surface area contributed by atoms with Crippen molar-refractivity contribution < 1.29 is 19.6 Å². The average Bonchev–Trinajstić information content (AvgIpc) is 2.48. The molecule has 1 heterocycles. The summed E-state index contributed by atoms with van der Waals surface area (Å²) >= 11 is 0. The van der Waals surface area contributed by atoms with Crippen molar-refractivity contribution in [2.45, 2.75) is 13.0 Å². The van der Waals surface area contributed by atoms with Gasteiger partial charge < -0.3 is 5.11 Å². The summed E-state index contributed by atoms with van der Waals surface area (Å²) in [6, 6.07) is 7.32. The third-order valence-corrected chi connectivity index (χ3v) is 3.57. The summed E-state index contributed by atoms with van der Waals surface area (Å²) in [5.74, 6) is -1.13. The fourth-order valence-corrected chi connectivity index (χ4v) is 2.68. The first-order valence-electron chi connectivity index (χ1n) is 6.65. The quantitative estimate of drug-likeness (QED) is 0.528. The van der Waals surface area contributed by atoms with Crippen molar-refractivity contribution in [2.75, 3.05) is 6.54 Å². The molecule has 7 heteroatoms. The number of benzene rings is 2. The number of hydrogen-bond acceptors (Lipinski definition) is 5. The topological polar surface area (TPSA) is 101 Å². The van der Waals surface area contributed by atoms with E-state index >= 15 is 0 Å². The van der Waals surface area contributed by atoms with Crippen molar-refractivity contribution in [3.63, 3.8) is 0 Å². The number of β-amino-alcohol motifs (C(OH)–C–C–N with tert-alkyl or cyclic N) is 1. The lowest BCUT2D eigenvalue weighted by atomic mass is 9.93. The molecule has 1 atom stereocenters. The monoisotopic (exact) mass is 300 g/mol. The molecule has 1 aliphatic heterocycles. The highest BCUT2D eigenvalue weighted by atomic mass is 16.6. The van der Waals surface area contributed by atoms with Crippen LogP contribution in [0.3, 0.4) is 0 Å². The molecule has 2 aromatic rings. The fraction of sp³-hybridized carbons (Fsp3) is 0.200. The number of imide groups is 1. The van der Waals surface area contributed by atoms with Crippen LogP contribution in [0.25, 0.3) is 10.8 Å². The lowest BCUT2D eigenvalue weighted by molar-refractivity contribution is -0.384. The zero-order chi connectivity index (χ0) is 16.0. The first-order valence-corrected chi connectivity index (χ1v) is 6.65. The van der Waals surface area contributed by atoms with Crippen LogP contribution in [0, 0.1) is 10.1 Å². The van der Waals surface area contributed by atoms with E-state index < -0.39 is 22.8 Å². The molecule has 0 saturated heterocycles. The Hall–Kier alpha value is -2.80. The summed E-state index contributed by atoms with van der Waals surface area (Å²) in [5.41, 5.74) is 0.210. The van der Waals surface area contributed by atoms with Gasteiger partial charge in [0.2, 0.25) is 0 Å². The summed E-state index contributed by atoms with van der Waals surface area (Å²) in [6.07, 6.45) is -0.882. The zero-order valence-corrected chi connectivity index (χ0v) is 11.6. The molecule has 22 heavy (non-hydrogen) atoms. The van der Waals surface area contributed by atoms with Gasteiger partial charge in [-0.2, -0.15) is 0 Å². The van der Waals surface area contributed by atoms with Crippen molar-refractivity contribution in [2.24, 2.45) is 0 Å². The van der Waals surface area contributed by atoms with Gasteiger partial charge in [0.1, 0.15) is 0 Å². The second-order valence-corrected chi connectivity index (χ2v) is 5.22. The fourth-order valence-electron chi connectivity index (χ4n) is 2.68. The standard InChI is InChI=1S/C15H12N2O5/c1-8(18)7-16-14(19)11-4-2-3-9-5-10(17(21)22)6-12(13(9)11)15(16)20/h2-6,8,18H,7H2,1H3. The summed E-state index contributed by atoms with van der Waals surface area (Å²) in [4.78, 5) is 36.3. The average molecular weight is 300 g/mol. The van der Waals surface area contributed by atoms with Crippen LogP contribution in [0.4, 0.5) is 5.69 Å². The molecular weight excluding hydrogens is 288 g/mol. The molecule has 1 unspecified atom stereocenters. The Labute approximate surface area is 124 Å². The van der Waals surface area contributed by atoms with Crippen LogP contribution in [0.15, 0.2) is 30.3 Å². The molecule has 7 nitrogen and oxygen atoms in total. The van der Waals surface area contributed by atoms with Crippen LogP contribution in [0.5, 0.6) is 0 Å². The molecule has 1 N–H and O–H groups in total. The normalized spacial score (nSPS) is 15.3. The first kappa shape index (κ1) is 14.2. The molecule has 0 fully saturated rings. The predicted molar refractivity (Wildman–Crippen MR) is 77.7 cm³/mol. The number of aliphatic hydroxyl groups is 1. The Morgan fingerprint density at radius 1 is 1.23 bits per heavy atom. The SMILES string of the molecule is CC(O)CN1C(=O)c2cccc3cc([N+](=O)[O-])cc(c23)C1=O. The summed E-state index contributed by atoms with van der Waals surface area (Å²) in [7, 11) is 0. The minimum atomic E-state index is -0.882. The third kappa shape index (κ3) is 2.03. The van der Waals surface area contributed by atoms with Gasteiger partial charge in [-0.25, -0.2) is 0 Å². The van der Waals surface area contributed by atoms with Gasteiger partial charge in [-0.1, -0.05) is 12.1 Å². The summed E-state index contributed by atoms with van der Waals surface area (Å²) in [5, 5.41) is 21.4. The molecule has 3 rings (SSSR count). The van der Waals surface area contributed by atoms with Crippen molar-refractivity contribution in [3.8, 4) is 0 Å². The summed E-state index contributed by atoms with van der Waals surface area (Å²) < 4.78 is 0. The Morgan fingerprint density at radius 3 is 2.55 bits per heavy atom. The van der Waals surface area contributed by atoms with Gasteiger partial charge in [-0.15, -0.1) is 0 Å². The maximum Gasteiger partial charge on any atom is 0.270 e. The molecule has 112 valence electrons. The molecule has 2 amide bonds. The largest absolute Gasteiger partial charge is 0.392 e. The second-order valence-electron chi connectivity index (χ2n) is 5.22. The number of carbonyl (C=O) groups excluding carboxylic acids is 2. The lowest BCUT2D eigenvalue weighted by Crippen LogP contribution is -2.43. The minimum absolute atomic E-state index is 0.111. The number of nitro groups is 1. The van der Waals surface area contributed by atoms with Crippen molar-refractivity contribution in [3.05, 3.63) is 51.6 Å². The van der Waals surface area contributed by atoms with Gasteiger partial charge in [0, 0.05) is 23.1 Å². The second kappa shape index (κ2) is 4.88. The maximum absolute atomic E-state index is 12.5. The number of carbonyl (C=O) groups is 2. The van der Waals surface area contributed by atoms with E-state index in [4.69, 9.17) is 0 Å². The highest BCUT2D eigenvalue weighted by molar-refractivity contribution is 6.25. The van der Waals surface area contributed by atoms with Crippen LogP contribution in [-0.4, -0.2) is 39.4 Å². The molecule has 0 aromatic heterocycles. The van der Waals surface area contributed by atoms with E-state index in [0.717, 1.165) is 4.90 Å². The van der Waals surface area contributed by atoms with Gasteiger partial charge in [0.05, 0.1) is 23.1 Å². The molecule has 0 spiro atoms. The summed E-state index contributed by atoms with van der Waals surface area (Å²) in [6.45, 7) is 1.31. The van der Waals surface area contributed by atoms with Gasteiger partial charge in [0.15, 0.2) is 0 Å². The number of nitrogens with zero attached hydrogens (tertiary/aromatic N) is 2. The Bertz CT molecular complexity index is 828. The molecule has 1 aliphatic rings. The molecule has 2 aromatic carbocycles. The van der Waals surface area contributed by atoms with E-state index in [0.29, 0.717) is 16.3 Å². The number of nitro benzene ring substituents is 1. The van der Waals surface area contributed by atoms with E-state index in [1.807, 2.05) is 0 Å². The van der Waals surface area contributed by atoms with Crippen LogP contribution in [-0.2, 0) is 0 Å². The molecule has 0 radical (unpaired) electrons. The van der Waals surface area contributed by atoms with E-state index in [2.05, 4.69) is 0 Å². The van der Waals surface area contributed by atoms with Gasteiger partial charge in [-0.3, -0.25) is 24.6 Å². The third-order valence-electron chi connectivity index (χ3n) is 3.57. The first-order chi connectivity index (χ1) is 10.4. The Balaban J connectivity index is 2.30. The van der Waals surface area contributed by atoms with Crippen LogP contribution in [0.2, 0.25) is 0 Å². The van der Waals surface area contributed by atoms with E-state index in [1.165, 1.54) is 19.1 Å². The smallest absolute Gasteiger partial charge is 0.270 e. The number of hydrogen-bond donors (Lipinski definition) is 1. The molecule has 0 bridgehead atoms. The van der Waals surface area contributed by atoms with E-state index in [-0.39, 0.29) is 17.8 Å². The van der Waals surface area contributed by atoms with Crippen molar-refractivity contribution in [1.29, 1.82) is 0 Å². The van der Waals surface area contributed by atoms with E-state index in [1.54, 1.807) is 18.2 Å². The van der Waals surface area contributed by atoms with Crippen LogP contribution >= 0.6 is 0 Å². The Kier molecular flexibility index (Phi) is 3.14. The van der Waals surface area contributed by atoms with Gasteiger partial charge in [-0.05, 0) is 18.4 Å². The maximum atomic E-state index is 12.5. The number of rotatable bonds is 3. The highest BCUT2D eigenvalue weighted by Crippen LogP contribution is 2.33. The predicted octanol–water partition coefficient (Wildman–Crippen LogP) is 1.72. The lowest BCUT2D eigenvalue weighted by Gasteiger charge is -2.27. The number of aliphatic hydroxyl groups excluding tert-OH is 1. The number of amides is 2. The van der Waals surface area contributed by atoms with Gasteiger partial charge in [0.25, 0.3) is 17.5 Å². The minimum Gasteiger partial charge on any atom is -0.392 e. The molecular formula is C15H12N2O5. The van der Waals surface area contributed by atoms with Crippen LogP contribution in [0.1, 0.15) is 27.6 Å². The van der Waals surface area contributed by atoms with Crippen LogP contribution < -0.4 is 0 Å². The van der Waals surface area contributed by atoms with E-state index in [9.17, 15) is 24.8 Å².